The Morgan fingerprint density at radius 1 is 0.846 bits per heavy atom. The number of aliphatic hydroxyl groups is 1. The van der Waals surface area contributed by atoms with Gasteiger partial charge in [-0.3, -0.25) is 0 Å². The van der Waals surface area contributed by atoms with Gasteiger partial charge >= 0.3 is 0 Å². The minimum absolute atomic E-state index is 0.189. The van der Waals surface area contributed by atoms with E-state index in [2.05, 4.69) is 24.3 Å². The molecule has 0 spiro atoms. The van der Waals surface area contributed by atoms with E-state index in [1.165, 1.54) is 60.8 Å². The van der Waals surface area contributed by atoms with Gasteiger partial charge in [0, 0.05) is 6.61 Å². The molecule has 2 aliphatic carbocycles. The Hall–Kier alpha value is -2.06. The smallest absolute Gasteiger partial charge is 0.115 e. The van der Waals surface area contributed by atoms with Crippen LogP contribution in [0.5, 0.6) is 5.75 Å². The molecule has 0 saturated heterocycles. The van der Waals surface area contributed by atoms with Crippen molar-refractivity contribution in [2.75, 3.05) is 6.61 Å². The van der Waals surface area contributed by atoms with Crippen molar-refractivity contribution in [1.82, 2.24) is 0 Å². The number of phenols is 1. The zero-order valence-electron chi connectivity index (χ0n) is 15.3. The minimum atomic E-state index is 0.189. The lowest BCUT2D eigenvalue weighted by molar-refractivity contribution is 0.229. The van der Waals surface area contributed by atoms with E-state index in [0.29, 0.717) is 12.2 Å². The molecule has 2 bridgehead atoms. The summed E-state index contributed by atoms with van der Waals surface area (Å²) in [7, 11) is 0. The van der Waals surface area contributed by atoms with Gasteiger partial charge in [0.05, 0.1) is 0 Å². The fourth-order valence-electron chi connectivity index (χ4n) is 4.93. The Bertz CT molecular complexity index is 757. The normalized spacial score (nSPS) is 22.3. The second-order valence-electron chi connectivity index (χ2n) is 8.00. The van der Waals surface area contributed by atoms with Crippen molar-refractivity contribution in [1.29, 1.82) is 0 Å². The van der Waals surface area contributed by atoms with E-state index in [1.807, 2.05) is 12.1 Å². The number of aliphatic hydroxyl groups excluding tert-OH is 1. The van der Waals surface area contributed by atoms with Crippen LogP contribution in [0.1, 0.15) is 55.2 Å². The number of hydrogen-bond donors (Lipinski definition) is 2. The van der Waals surface area contributed by atoms with Gasteiger partial charge in [-0.05, 0) is 71.9 Å². The van der Waals surface area contributed by atoms with Crippen LogP contribution >= 0.6 is 0 Å². The first kappa shape index (κ1) is 17.4. The predicted molar refractivity (Wildman–Crippen MR) is 106 cm³/mol. The fourth-order valence-corrected chi connectivity index (χ4v) is 4.93. The molecule has 0 amide bonds. The van der Waals surface area contributed by atoms with Crippen LogP contribution in [-0.4, -0.2) is 16.8 Å². The predicted octanol–water partition coefficient (Wildman–Crippen LogP) is 5.33. The Labute approximate surface area is 156 Å². The lowest BCUT2D eigenvalue weighted by Crippen LogP contribution is -2.23. The van der Waals surface area contributed by atoms with Gasteiger partial charge in [0.1, 0.15) is 5.75 Å². The first-order valence-electron chi connectivity index (χ1n) is 9.94. The van der Waals surface area contributed by atoms with Gasteiger partial charge in [-0.25, -0.2) is 0 Å². The van der Waals surface area contributed by atoms with Gasteiger partial charge in [-0.2, -0.15) is 0 Å². The molecule has 2 aromatic carbocycles. The maximum Gasteiger partial charge on any atom is 0.115 e. The molecule has 2 unspecified atom stereocenters. The fraction of sp³-hybridized carbons (Fsp3) is 0.417. The van der Waals surface area contributed by atoms with Gasteiger partial charge < -0.3 is 10.2 Å². The van der Waals surface area contributed by atoms with E-state index in [-0.39, 0.29) is 6.61 Å². The highest BCUT2D eigenvalue weighted by Gasteiger charge is 2.30. The number of rotatable bonds is 4. The first-order chi connectivity index (χ1) is 12.7. The molecular formula is C24H28O2. The van der Waals surface area contributed by atoms with E-state index >= 15 is 0 Å². The van der Waals surface area contributed by atoms with Crippen molar-refractivity contribution >= 4 is 5.57 Å². The van der Waals surface area contributed by atoms with Crippen LogP contribution in [0.4, 0.5) is 0 Å². The molecule has 136 valence electrons. The van der Waals surface area contributed by atoms with Crippen molar-refractivity contribution in [3.8, 4) is 5.75 Å². The Morgan fingerprint density at radius 2 is 1.42 bits per heavy atom. The van der Waals surface area contributed by atoms with Gasteiger partial charge in [-0.15, -0.1) is 0 Å². The third-order valence-electron chi connectivity index (χ3n) is 6.11. The summed E-state index contributed by atoms with van der Waals surface area (Å²) in [5.41, 5.74) is 6.58. The highest BCUT2D eigenvalue weighted by atomic mass is 16.3. The highest BCUT2D eigenvalue weighted by molar-refractivity contribution is 5.82. The summed E-state index contributed by atoms with van der Waals surface area (Å²) < 4.78 is 0. The van der Waals surface area contributed by atoms with E-state index in [0.717, 1.165) is 11.8 Å². The molecule has 0 radical (unpaired) electrons. The Kier molecular flexibility index (Phi) is 5.12. The largest absolute Gasteiger partial charge is 0.508 e. The lowest BCUT2D eigenvalue weighted by Gasteiger charge is -2.37. The van der Waals surface area contributed by atoms with Crippen LogP contribution in [0, 0.1) is 11.8 Å². The van der Waals surface area contributed by atoms with Crippen LogP contribution in [0.3, 0.4) is 0 Å². The first-order valence-corrected chi connectivity index (χ1v) is 9.94. The molecule has 0 aromatic heterocycles. The van der Waals surface area contributed by atoms with Crippen molar-refractivity contribution in [2.24, 2.45) is 11.8 Å². The van der Waals surface area contributed by atoms with Crippen molar-refractivity contribution in [2.45, 2.75) is 44.9 Å². The minimum Gasteiger partial charge on any atom is -0.508 e. The van der Waals surface area contributed by atoms with Gasteiger partial charge in [0.25, 0.3) is 0 Å². The molecule has 26 heavy (non-hydrogen) atoms. The van der Waals surface area contributed by atoms with E-state index in [9.17, 15) is 5.11 Å². The molecule has 0 heterocycles. The Morgan fingerprint density at radius 3 is 2.00 bits per heavy atom. The van der Waals surface area contributed by atoms with Crippen LogP contribution in [0.15, 0.2) is 54.1 Å². The standard InChI is InChI=1S/C24H28O2/c25-13-12-17-4-6-20(7-5-17)24(21-8-10-23(26)11-9-21)22-15-18-2-1-3-19(14-18)16-22/h4-11,18-19,25-26H,1-3,12-16H2. The quantitative estimate of drug-likeness (QED) is 0.784. The van der Waals surface area contributed by atoms with Crippen LogP contribution < -0.4 is 0 Å². The molecule has 2 aromatic rings. The number of hydrogen-bond acceptors (Lipinski definition) is 2. The van der Waals surface area contributed by atoms with Crippen LogP contribution in [-0.2, 0) is 6.42 Å². The second-order valence-corrected chi connectivity index (χ2v) is 8.00. The molecule has 2 nitrogen and oxygen atoms in total. The van der Waals surface area contributed by atoms with Crippen molar-refractivity contribution in [3.63, 3.8) is 0 Å². The Balaban J connectivity index is 1.76. The molecule has 2 N–H and O–H groups in total. The van der Waals surface area contributed by atoms with E-state index < -0.39 is 0 Å². The molecule has 0 aliphatic heterocycles. The maximum absolute atomic E-state index is 9.71. The average molecular weight is 348 g/mol. The molecule has 4 rings (SSSR count). The summed E-state index contributed by atoms with van der Waals surface area (Å²) >= 11 is 0. The SMILES string of the molecule is OCCc1ccc(C(=C2CC3CCCC(C2)C3)c2ccc(O)cc2)cc1. The van der Waals surface area contributed by atoms with E-state index in [1.54, 1.807) is 17.7 Å². The van der Waals surface area contributed by atoms with E-state index in [4.69, 9.17) is 5.11 Å². The summed E-state index contributed by atoms with van der Waals surface area (Å²) in [5, 5.41) is 18.9. The topological polar surface area (TPSA) is 40.5 Å². The third kappa shape index (κ3) is 3.71. The molecular weight excluding hydrogens is 320 g/mol. The second kappa shape index (κ2) is 7.67. The number of allylic oxidation sites excluding steroid dienone is 1. The van der Waals surface area contributed by atoms with Gasteiger partial charge in [0.15, 0.2) is 0 Å². The van der Waals surface area contributed by atoms with Gasteiger partial charge in [0.2, 0.25) is 0 Å². The third-order valence-corrected chi connectivity index (χ3v) is 6.11. The molecule has 2 fully saturated rings. The lowest BCUT2D eigenvalue weighted by atomic mass is 9.68. The summed E-state index contributed by atoms with van der Waals surface area (Å²) in [6, 6.07) is 16.3. The summed E-state index contributed by atoms with van der Waals surface area (Å²) in [5.74, 6) is 2.01. The molecule has 2 heteroatoms. The number of benzene rings is 2. The summed E-state index contributed by atoms with van der Waals surface area (Å²) in [6.07, 6.45) is 8.68. The highest BCUT2D eigenvalue weighted by Crippen LogP contribution is 2.45. The van der Waals surface area contributed by atoms with Crippen molar-refractivity contribution < 1.29 is 10.2 Å². The van der Waals surface area contributed by atoms with Crippen molar-refractivity contribution in [3.05, 3.63) is 70.8 Å². The monoisotopic (exact) mass is 348 g/mol. The maximum atomic E-state index is 9.71. The molecule has 2 saturated carbocycles. The van der Waals surface area contributed by atoms with Crippen LogP contribution in [0.25, 0.3) is 5.57 Å². The average Bonchev–Trinajstić information content (AvgIpc) is 2.65. The number of fused-ring (bicyclic) bond motifs is 2. The number of phenolic OH excluding ortho intramolecular Hbond substituents is 1. The van der Waals surface area contributed by atoms with Gasteiger partial charge in [-0.1, -0.05) is 61.2 Å². The zero-order chi connectivity index (χ0) is 17.9. The molecule has 2 atom stereocenters. The summed E-state index contributed by atoms with van der Waals surface area (Å²) in [4.78, 5) is 0. The molecule has 2 aliphatic rings. The van der Waals surface area contributed by atoms with Crippen LogP contribution in [0.2, 0.25) is 0 Å². The zero-order valence-corrected chi connectivity index (χ0v) is 15.3. The summed E-state index contributed by atoms with van der Waals surface area (Å²) in [6.45, 7) is 0.189. The number of aromatic hydroxyl groups is 1.